The minimum atomic E-state index is -0.652. The highest BCUT2D eigenvalue weighted by Gasteiger charge is 2.26. The van der Waals surface area contributed by atoms with Gasteiger partial charge >= 0.3 is 0 Å². The lowest BCUT2D eigenvalue weighted by molar-refractivity contribution is -0.117. The van der Waals surface area contributed by atoms with E-state index in [1.807, 2.05) is 36.4 Å². The first-order valence-electron chi connectivity index (χ1n) is 10.7. The van der Waals surface area contributed by atoms with Gasteiger partial charge in [-0.1, -0.05) is 23.7 Å². The summed E-state index contributed by atoms with van der Waals surface area (Å²) in [5, 5.41) is 17.3. The van der Waals surface area contributed by atoms with Crippen LogP contribution in [-0.2, 0) is 4.79 Å². The number of para-hydroxylation sites is 2. The molecule has 2 aromatic carbocycles. The van der Waals surface area contributed by atoms with Crippen LogP contribution in [0.3, 0.4) is 0 Å². The second-order valence-electron chi connectivity index (χ2n) is 7.96. The molecule has 0 aromatic heterocycles. The number of anilines is 1. The molecule has 2 heterocycles. The summed E-state index contributed by atoms with van der Waals surface area (Å²) in [6.45, 7) is 2.24. The lowest BCUT2D eigenvalue weighted by atomic mass is 10.2. The van der Waals surface area contributed by atoms with Crippen LogP contribution in [0.4, 0.5) is 5.69 Å². The molecule has 0 bridgehead atoms. The van der Waals surface area contributed by atoms with Gasteiger partial charge in [-0.25, -0.2) is 0 Å². The van der Waals surface area contributed by atoms with Gasteiger partial charge in [0.25, 0.3) is 0 Å². The minimum absolute atomic E-state index is 0.0737. The van der Waals surface area contributed by atoms with Crippen molar-refractivity contribution in [2.75, 3.05) is 43.2 Å². The van der Waals surface area contributed by atoms with Gasteiger partial charge in [0.1, 0.15) is 30.3 Å². The van der Waals surface area contributed by atoms with Gasteiger partial charge in [0.2, 0.25) is 5.91 Å². The van der Waals surface area contributed by atoms with Crippen LogP contribution >= 0.6 is 23.4 Å². The predicted octanol–water partition coefficient (Wildman–Crippen LogP) is 2.83. The second kappa shape index (κ2) is 11.2. The molecule has 1 amide bonds. The van der Waals surface area contributed by atoms with Gasteiger partial charge in [-0.15, -0.1) is 11.8 Å². The van der Waals surface area contributed by atoms with Crippen molar-refractivity contribution in [3.63, 3.8) is 0 Å². The molecule has 172 valence electrons. The van der Waals surface area contributed by atoms with Crippen molar-refractivity contribution >= 4 is 35.0 Å². The molecule has 0 aliphatic carbocycles. The van der Waals surface area contributed by atoms with Crippen molar-refractivity contribution in [3.8, 4) is 11.5 Å². The largest absolute Gasteiger partial charge is 0.489 e. The van der Waals surface area contributed by atoms with Crippen LogP contribution in [0.2, 0.25) is 5.02 Å². The zero-order valence-electron chi connectivity index (χ0n) is 17.7. The Balaban J connectivity index is 1.22. The number of thioether (sulfide) groups is 1. The molecule has 2 aliphatic heterocycles. The fourth-order valence-electron chi connectivity index (χ4n) is 3.78. The fraction of sp³-hybridized carbons (Fsp3) is 0.435. The predicted molar refractivity (Wildman–Crippen MR) is 128 cm³/mol. The van der Waals surface area contributed by atoms with Gasteiger partial charge in [0.15, 0.2) is 0 Å². The van der Waals surface area contributed by atoms with Gasteiger partial charge < -0.3 is 19.9 Å². The molecule has 2 aromatic rings. The molecular formula is C23H28ClN3O4S. The van der Waals surface area contributed by atoms with E-state index < -0.39 is 6.10 Å². The maximum atomic E-state index is 12.4. The Hall–Kier alpha value is -1.97. The number of nitrogens with zero attached hydrogens (tertiary/aromatic N) is 1. The van der Waals surface area contributed by atoms with E-state index >= 15 is 0 Å². The molecule has 3 atom stereocenters. The number of benzene rings is 2. The topological polar surface area (TPSA) is 83.1 Å². The Bertz CT molecular complexity index is 895. The fourth-order valence-corrected chi connectivity index (χ4v) is 4.85. The van der Waals surface area contributed by atoms with Gasteiger partial charge in [-0.2, -0.15) is 0 Å². The second-order valence-corrected chi connectivity index (χ2v) is 9.43. The molecule has 0 spiro atoms. The van der Waals surface area contributed by atoms with Crippen LogP contribution in [0.15, 0.2) is 48.5 Å². The molecule has 7 nitrogen and oxygen atoms in total. The molecule has 2 aliphatic rings. The smallest absolute Gasteiger partial charge is 0.242 e. The zero-order valence-corrected chi connectivity index (χ0v) is 19.3. The van der Waals surface area contributed by atoms with Crippen molar-refractivity contribution in [1.82, 2.24) is 10.2 Å². The Morgan fingerprint density at radius 3 is 2.88 bits per heavy atom. The number of aliphatic hydroxyl groups excluding tert-OH is 1. The summed E-state index contributed by atoms with van der Waals surface area (Å²) in [7, 11) is 0. The molecule has 32 heavy (non-hydrogen) atoms. The van der Waals surface area contributed by atoms with Crippen LogP contribution in [0.1, 0.15) is 6.42 Å². The summed E-state index contributed by atoms with van der Waals surface area (Å²) in [6, 6.07) is 14.5. The molecule has 9 heteroatoms. The minimum Gasteiger partial charge on any atom is -0.489 e. The third-order valence-corrected chi connectivity index (χ3v) is 6.62. The quantitative estimate of drug-likeness (QED) is 0.512. The van der Waals surface area contributed by atoms with Crippen molar-refractivity contribution in [2.45, 2.75) is 24.7 Å². The summed E-state index contributed by atoms with van der Waals surface area (Å²) in [4.78, 5) is 14.6. The molecule has 0 saturated carbocycles. The number of likely N-dealkylation sites (tertiary alicyclic amines) is 1. The Labute approximate surface area is 197 Å². The van der Waals surface area contributed by atoms with Gasteiger partial charge in [-0.3, -0.25) is 15.0 Å². The number of carbonyl (C=O) groups excluding carboxylic acids is 1. The number of nitrogens with one attached hydrogen (secondary N) is 2. The summed E-state index contributed by atoms with van der Waals surface area (Å²) in [6.07, 6.45) is 0.335. The SMILES string of the molecule is O=C(Nc1ccccc1OCC(O)CN1CCC(Oc2ccc(Cl)cc2)C1)[C@@H]1CSCN1. The summed E-state index contributed by atoms with van der Waals surface area (Å²) in [5.41, 5.74) is 0.612. The van der Waals surface area contributed by atoms with Crippen LogP contribution in [0.5, 0.6) is 11.5 Å². The number of rotatable bonds is 9. The van der Waals surface area contributed by atoms with Crippen LogP contribution < -0.4 is 20.1 Å². The van der Waals surface area contributed by atoms with Crippen molar-refractivity contribution in [1.29, 1.82) is 0 Å². The Morgan fingerprint density at radius 2 is 2.09 bits per heavy atom. The summed E-state index contributed by atoms with van der Waals surface area (Å²) >= 11 is 7.62. The van der Waals surface area contributed by atoms with Crippen LogP contribution in [-0.4, -0.2) is 72.0 Å². The zero-order chi connectivity index (χ0) is 22.3. The average molecular weight is 478 g/mol. The highest BCUT2D eigenvalue weighted by atomic mass is 35.5. The standard InChI is InChI=1S/C23H28ClN3O4S/c24-16-5-7-18(8-6-16)31-19-9-10-27(12-19)11-17(28)13-30-22-4-2-1-3-20(22)26-23(29)21-14-32-15-25-21/h1-8,17,19,21,25,28H,9-15H2,(H,26,29)/t17?,19?,21-/m0/s1. The Morgan fingerprint density at radius 1 is 1.28 bits per heavy atom. The first-order chi connectivity index (χ1) is 15.6. The molecule has 4 rings (SSSR count). The lowest BCUT2D eigenvalue weighted by Gasteiger charge is -2.21. The van der Waals surface area contributed by atoms with Crippen molar-refractivity contribution in [2.24, 2.45) is 0 Å². The van der Waals surface area contributed by atoms with Gasteiger partial charge in [-0.05, 0) is 42.8 Å². The van der Waals surface area contributed by atoms with E-state index in [2.05, 4.69) is 15.5 Å². The number of aliphatic hydroxyl groups is 1. The maximum absolute atomic E-state index is 12.4. The molecular weight excluding hydrogens is 450 g/mol. The number of halogens is 1. The molecule has 2 fully saturated rings. The first kappa shape index (κ1) is 23.2. The van der Waals surface area contributed by atoms with E-state index in [1.165, 1.54) is 0 Å². The molecule has 3 N–H and O–H groups in total. The van der Waals surface area contributed by atoms with Crippen LogP contribution in [0, 0.1) is 0 Å². The third kappa shape index (κ3) is 6.52. The number of β-amino-alcohol motifs (C(OH)–C–C–N with tert-alkyl or cyclic N) is 1. The number of ether oxygens (including phenoxy) is 2. The summed E-state index contributed by atoms with van der Waals surface area (Å²) in [5.74, 6) is 2.82. The molecule has 0 radical (unpaired) electrons. The van der Waals surface area contributed by atoms with E-state index in [0.29, 0.717) is 23.0 Å². The van der Waals surface area contributed by atoms with Crippen molar-refractivity contribution in [3.05, 3.63) is 53.6 Å². The number of hydrogen-bond donors (Lipinski definition) is 3. The van der Waals surface area contributed by atoms with E-state index in [1.54, 1.807) is 23.9 Å². The van der Waals surface area contributed by atoms with E-state index in [0.717, 1.165) is 36.9 Å². The van der Waals surface area contributed by atoms with Crippen molar-refractivity contribution < 1.29 is 19.4 Å². The van der Waals surface area contributed by atoms with E-state index in [4.69, 9.17) is 21.1 Å². The number of amides is 1. The highest BCUT2D eigenvalue weighted by Crippen LogP contribution is 2.25. The Kier molecular flexibility index (Phi) is 8.15. The average Bonchev–Trinajstić information content (AvgIpc) is 3.47. The summed E-state index contributed by atoms with van der Waals surface area (Å²) < 4.78 is 11.9. The van der Waals surface area contributed by atoms with Gasteiger partial charge in [0, 0.05) is 36.3 Å². The van der Waals surface area contributed by atoms with E-state index in [-0.39, 0.29) is 24.7 Å². The molecule has 2 unspecified atom stereocenters. The monoisotopic (exact) mass is 477 g/mol. The van der Waals surface area contributed by atoms with Crippen LogP contribution in [0.25, 0.3) is 0 Å². The first-order valence-corrected chi connectivity index (χ1v) is 12.3. The number of hydrogen-bond acceptors (Lipinski definition) is 7. The van der Waals surface area contributed by atoms with Gasteiger partial charge in [0.05, 0.1) is 11.7 Å². The lowest BCUT2D eigenvalue weighted by Crippen LogP contribution is -2.37. The van der Waals surface area contributed by atoms with E-state index in [9.17, 15) is 9.90 Å². The highest BCUT2D eigenvalue weighted by molar-refractivity contribution is 7.99. The third-order valence-electron chi connectivity index (χ3n) is 5.42. The number of carbonyl (C=O) groups is 1. The normalized spacial score (nSPS) is 21.9. The molecule has 2 saturated heterocycles. The maximum Gasteiger partial charge on any atom is 0.242 e.